The average molecular weight is 310 g/mol. The van der Waals surface area contributed by atoms with E-state index in [-0.39, 0.29) is 17.1 Å². The smallest absolute Gasteiger partial charge is 0.349 e. The minimum atomic E-state index is -0.662. The molecule has 0 radical (unpaired) electrons. The molecule has 0 aromatic carbocycles. The van der Waals surface area contributed by atoms with Crippen LogP contribution in [0.2, 0.25) is 0 Å². The van der Waals surface area contributed by atoms with Gasteiger partial charge in [0.05, 0.1) is 12.0 Å². The Morgan fingerprint density at radius 2 is 2.17 bits per heavy atom. The zero-order valence-electron chi connectivity index (χ0n) is 11.9. The Labute approximate surface area is 128 Å². The monoisotopic (exact) mass is 310 g/mol. The fourth-order valence-electron chi connectivity index (χ4n) is 2.33. The number of hydrogen-bond donors (Lipinski definition) is 1. The van der Waals surface area contributed by atoms with Gasteiger partial charge in [0, 0.05) is 12.3 Å². The largest absolute Gasteiger partial charge is 0.507 e. The first-order valence-electron chi connectivity index (χ1n) is 6.73. The number of rotatable bonds is 2. The highest BCUT2D eigenvalue weighted by Crippen LogP contribution is 2.27. The predicted molar refractivity (Wildman–Crippen MR) is 78.9 cm³/mol. The number of fused-ring (bicyclic) bond motifs is 1. The van der Waals surface area contributed by atoms with Crippen molar-refractivity contribution in [2.45, 2.75) is 6.92 Å². The Balaban J connectivity index is 2.00. The molecule has 0 aliphatic carbocycles. The summed E-state index contributed by atoms with van der Waals surface area (Å²) in [5.41, 5.74) is -0.338. The minimum Gasteiger partial charge on any atom is -0.507 e. The molecular weight excluding hydrogens is 300 g/mol. The molecule has 0 bridgehead atoms. The summed E-state index contributed by atoms with van der Waals surface area (Å²) in [7, 11) is 0. The summed E-state index contributed by atoms with van der Waals surface area (Å²) in [5, 5.41) is 14.4. The lowest BCUT2D eigenvalue weighted by Crippen LogP contribution is -2.08. The van der Waals surface area contributed by atoms with Gasteiger partial charge < -0.3 is 13.9 Å². The van der Waals surface area contributed by atoms with Crippen LogP contribution in [0.5, 0.6) is 5.75 Å². The first-order chi connectivity index (χ1) is 11.1. The van der Waals surface area contributed by atoms with Gasteiger partial charge >= 0.3 is 5.63 Å². The Morgan fingerprint density at radius 3 is 2.91 bits per heavy atom. The van der Waals surface area contributed by atoms with E-state index in [0.717, 1.165) is 0 Å². The Kier molecular flexibility index (Phi) is 2.77. The van der Waals surface area contributed by atoms with Crippen LogP contribution in [0.3, 0.4) is 0 Å². The molecule has 0 atom stereocenters. The fourth-order valence-corrected chi connectivity index (χ4v) is 2.33. The van der Waals surface area contributed by atoms with Gasteiger partial charge in [-0.1, -0.05) is 0 Å². The average Bonchev–Trinajstić information content (AvgIpc) is 3.15. The van der Waals surface area contributed by atoms with Crippen molar-refractivity contribution in [1.29, 1.82) is 0 Å². The summed E-state index contributed by atoms with van der Waals surface area (Å²) >= 11 is 0. The number of furan rings is 1. The third kappa shape index (κ3) is 2.08. The normalized spacial score (nSPS) is 11.2. The molecule has 4 heterocycles. The van der Waals surface area contributed by atoms with E-state index in [2.05, 4.69) is 15.1 Å². The second-order valence-electron chi connectivity index (χ2n) is 4.86. The first kappa shape index (κ1) is 13.3. The standard InChI is InChI=1S/C15H10N4O4/c1-8-7-10(20)12(14(21)23-8)9-4-5-16-15-17-13(18-19(9)15)11-3-2-6-22-11/h2-7,20H,1H3. The highest BCUT2D eigenvalue weighted by atomic mass is 16.4. The lowest BCUT2D eigenvalue weighted by molar-refractivity contribution is 0.437. The first-order valence-corrected chi connectivity index (χ1v) is 6.73. The zero-order valence-corrected chi connectivity index (χ0v) is 11.9. The molecule has 4 aromatic heterocycles. The van der Waals surface area contributed by atoms with Crippen LogP contribution in [0.4, 0.5) is 0 Å². The maximum Gasteiger partial charge on any atom is 0.349 e. The molecule has 1 N–H and O–H groups in total. The minimum absolute atomic E-state index is 0.00102. The molecule has 8 nitrogen and oxygen atoms in total. The molecule has 114 valence electrons. The maximum absolute atomic E-state index is 12.1. The summed E-state index contributed by atoms with van der Waals surface area (Å²) in [4.78, 5) is 20.5. The number of aryl methyl sites for hydroxylation is 1. The topological polar surface area (TPSA) is 107 Å². The molecule has 4 aromatic rings. The van der Waals surface area contributed by atoms with E-state index in [4.69, 9.17) is 8.83 Å². The molecule has 23 heavy (non-hydrogen) atoms. The second kappa shape index (κ2) is 4.80. The molecule has 0 fully saturated rings. The molecule has 4 rings (SSSR count). The maximum atomic E-state index is 12.1. The van der Waals surface area contributed by atoms with Crippen LogP contribution >= 0.6 is 0 Å². The van der Waals surface area contributed by atoms with Gasteiger partial charge in [-0.25, -0.2) is 9.78 Å². The van der Waals surface area contributed by atoms with Crippen molar-refractivity contribution in [2.75, 3.05) is 0 Å². The molecule has 0 aliphatic heterocycles. The highest BCUT2D eigenvalue weighted by molar-refractivity contribution is 5.67. The molecule has 0 unspecified atom stereocenters. The molecule has 0 saturated heterocycles. The highest BCUT2D eigenvalue weighted by Gasteiger charge is 2.18. The summed E-state index contributed by atoms with van der Waals surface area (Å²) in [6, 6.07) is 6.35. The molecule has 0 saturated carbocycles. The van der Waals surface area contributed by atoms with Gasteiger partial charge in [-0.05, 0) is 25.1 Å². The van der Waals surface area contributed by atoms with Crippen LogP contribution in [0.1, 0.15) is 5.76 Å². The quantitative estimate of drug-likeness (QED) is 0.603. The third-order valence-corrected chi connectivity index (χ3v) is 3.29. The van der Waals surface area contributed by atoms with Crippen LogP contribution in [-0.2, 0) is 0 Å². The van der Waals surface area contributed by atoms with Gasteiger partial charge in [0.2, 0.25) is 5.82 Å². The van der Waals surface area contributed by atoms with Gasteiger partial charge in [0.15, 0.2) is 5.76 Å². The Morgan fingerprint density at radius 1 is 1.30 bits per heavy atom. The van der Waals surface area contributed by atoms with Crippen molar-refractivity contribution in [3.05, 3.63) is 52.9 Å². The molecule has 0 amide bonds. The van der Waals surface area contributed by atoms with E-state index in [1.54, 1.807) is 25.1 Å². The van der Waals surface area contributed by atoms with E-state index in [1.165, 1.54) is 23.0 Å². The van der Waals surface area contributed by atoms with Crippen molar-refractivity contribution in [1.82, 2.24) is 19.6 Å². The lowest BCUT2D eigenvalue weighted by atomic mass is 10.2. The summed E-state index contributed by atoms with van der Waals surface area (Å²) in [6.45, 7) is 1.58. The number of aromatic nitrogens is 4. The van der Waals surface area contributed by atoms with E-state index in [0.29, 0.717) is 23.0 Å². The van der Waals surface area contributed by atoms with Gasteiger partial charge in [0.25, 0.3) is 5.78 Å². The van der Waals surface area contributed by atoms with Crippen LogP contribution in [0.25, 0.3) is 28.6 Å². The van der Waals surface area contributed by atoms with Gasteiger partial charge in [-0.15, -0.1) is 5.10 Å². The van der Waals surface area contributed by atoms with Crippen molar-refractivity contribution in [3.8, 4) is 28.6 Å². The Bertz CT molecular complexity index is 1060. The third-order valence-electron chi connectivity index (χ3n) is 3.29. The van der Waals surface area contributed by atoms with E-state index < -0.39 is 5.63 Å². The van der Waals surface area contributed by atoms with Crippen LogP contribution in [-0.4, -0.2) is 24.7 Å². The molecule has 8 heteroatoms. The predicted octanol–water partition coefficient (Wildman–Crippen LogP) is 2.02. The van der Waals surface area contributed by atoms with Gasteiger partial charge in [-0.3, -0.25) is 0 Å². The summed E-state index contributed by atoms with van der Waals surface area (Å²) in [5.74, 6) is 1.19. The summed E-state index contributed by atoms with van der Waals surface area (Å²) in [6.07, 6.45) is 2.99. The van der Waals surface area contributed by atoms with E-state index in [1.807, 2.05) is 0 Å². The van der Waals surface area contributed by atoms with Crippen molar-refractivity contribution in [3.63, 3.8) is 0 Å². The zero-order chi connectivity index (χ0) is 16.0. The Hall–Kier alpha value is -3.42. The van der Waals surface area contributed by atoms with Crippen molar-refractivity contribution < 1.29 is 13.9 Å². The molecule has 0 aliphatic rings. The lowest BCUT2D eigenvalue weighted by Gasteiger charge is -2.05. The van der Waals surface area contributed by atoms with E-state index >= 15 is 0 Å². The number of hydrogen-bond acceptors (Lipinski definition) is 7. The van der Waals surface area contributed by atoms with Crippen molar-refractivity contribution in [2.24, 2.45) is 0 Å². The number of nitrogens with zero attached hydrogens (tertiary/aromatic N) is 4. The second-order valence-corrected chi connectivity index (χ2v) is 4.86. The van der Waals surface area contributed by atoms with Gasteiger partial charge in [0.1, 0.15) is 17.1 Å². The fraction of sp³-hybridized carbons (Fsp3) is 0.0667. The van der Waals surface area contributed by atoms with E-state index in [9.17, 15) is 9.90 Å². The summed E-state index contributed by atoms with van der Waals surface area (Å²) < 4.78 is 11.7. The van der Waals surface area contributed by atoms with Crippen molar-refractivity contribution >= 4 is 5.78 Å². The molecular formula is C15H10N4O4. The van der Waals surface area contributed by atoms with Crippen LogP contribution in [0, 0.1) is 6.92 Å². The van der Waals surface area contributed by atoms with Crippen LogP contribution in [0.15, 0.2) is 50.4 Å². The van der Waals surface area contributed by atoms with Gasteiger partial charge in [-0.2, -0.15) is 9.50 Å². The molecule has 0 spiro atoms. The number of aromatic hydroxyl groups is 1. The SMILES string of the molecule is Cc1cc(O)c(-c2ccnc3nc(-c4ccco4)nn23)c(=O)o1. The van der Waals surface area contributed by atoms with Crippen LogP contribution < -0.4 is 5.63 Å².